The molecule has 1 aromatic rings. The Morgan fingerprint density at radius 3 is 2.81 bits per heavy atom. The zero-order valence-electron chi connectivity index (χ0n) is 10.8. The Morgan fingerprint density at radius 1 is 1.38 bits per heavy atom. The van der Waals surface area contributed by atoms with Crippen molar-refractivity contribution in [2.24, 2.45) is 0 Å². The SMILES string of the molecule is O=C1NC(=O)C2(CCN(C(=O)c3cccc(F)c3Cl)C2)N1. The van der Waals surface area contributed by atoms with E-state index >= 15 is 0 Å². The molecular formula is C13H11ClFN3O3. The summed E-state index contributed by atoms with van der Waals surface area (Å²) in [5.41, 5.74) is -1.05. The smallest absolute Gasteiger partial charge is 0.322 e. The van der Waals surface area contributed by atoms with Crippen LogP contribution in [-0.4, -0.2) is 41.4 Å². The monoisotopic (exact) mass is 311 g/mol. The fourth-order valence-electron chi connectivity index (χ4n) is 2.64. The lowest BCUT2D eigenvalue weighted by molar-refractivity contribution is -0.123. The van der Waals surface area contributed by atoms with Crippen LogP contribution >= 0.6 is 11.6 Å². The highest BCUT2D eigenvalue weighted by Gasteiger charge is 2.51. The standard InChI is InChI=1S/C13H11ClFN3O3/c14-9-7(2-1-3-8(9)15)10(19)18-5-4-13(6-18)11(20)16-12(21)17-13/h1-3H,4-6H2,(H2,16,17,20,21). The molecule has 0 saturated carbocycles. The van der Waals surface area contributed by atoms with Crippen LogP contribution in [0.3, 0.4) is 0 Å². The van der Waals surface area contributed by atoms with Gasteiger partial charge >= 0.3 is 6.03 Å². The molecule has 2 fully saturated rings. The minimum Gasteiger partial charge on any atom is -0.336 e. The minimum atomic E-state index is -1.09. The van der Waals surface area contributed by atoms with Crippen molar-refractivity contribution in [3.8, 4) is 0 Å². The maximum Gasteiger partial charge on any atom is 0.322 e. The van der Waals surface area contributed by atoms with Gasteiger partial charge in [-0.3, -0.25) is 14.9 Å². The third-order valence-corrected chi connectivity index (χ3v) is 4.14. The van der Waals surface area contributed by atoms with Crippen molar-refractivity contribution < 1.29 is 18.8 Å². The van der Waals surface area contributed by atoms with Gasteiger partial charge in [0.25, 0.3) is 11.8 Å². The Bertz CT molecular complexity index is 666. The fraction of sp³-hybridized carbons (Fsp3) is 0.308. The van der Waals surface area contributed by atoms with Gasteiger partial charge in [0, 0.05) is 6.54 Å². The van der Waals surface area contributed by atoms with Crippen LogP contribution in [-0.2, 0) is 4.79 Å². The number of benzene rings is 1. The Kier molecular flexibility index (Phi) is 3.09. The number of nitrogens with zero attached hydrogens (tertiary/aromatic N) is 1. The molecular weight excluding hydrogens is 301 g/mol. The molecule has 6 nitrogen and oxygen atoms in total. The first kappa shape index (κ1) is 13.8. The van der Waals surface area contributed by atoms with E-state index in [0.717, 1.165) is 6.07 Å². The molecule has 0 aliphatic carbocycles. The zero-order valence-corrected chi connectivity index (χ0v) is 11.5. The van der Waals surface area contributed by atoms with Gasteiger partial charge in [-0.25, -0.2) is 9.18 Å². The number of carbonyl (C=O) groups is 3. The molecule has 2 aliphatic rings. The minimum absolute atomic E-state index is 0.0379. The molecule has 0 radical (unpaired) electrons. The molecule has 0 bridgehead atoms. The molecule has 4 amide bonds. The van der Waals surface area contributed by atoms with Crippen LogP contribution in [0.15, 0.2) is 18.2 Å². The Morgan fingerprint density at radius 2 is 2.14 bits per heavy atom. The zero-order chi connectivity index (χ0) is 15.2. The predicted octanol–water partition coefficient (Wildman–Crippen LogP) is 0.903. The van der Waals surface area contributed by atoms with Crippen molar-refractivity contribution in [1.29, 1.82) is 0 Å². The largest absolute Gasteiger partial charge is 0.336 e. The van der Waals surface area contributed by atoms with E-state index in [1.807, 2.05) is 0 Å². The van der Waals surface area contributed by atoms with Crippen LogP contribution < -0.4 is 10.6 Å². The number of imide groups is 1. The number of hydrogen-bond acceptors (Lipinski definition) is 3. The van der Waals surface area contributed by atoms with Gasteiger partial charge in [0.15, 0.2) is 0 Å². The van der Waals surface area contributed by atoms with Gasteiger partial charge in [-0.2, -0.15) is 0 Å². The lowest BCUT2D eigenvalue weighted by Crippen LogP contribution is -2.49. The number of likely N-dealkylation sites (tertiary alicyclic amines) is 1. The van der Waals surface area contributed by atoms with Crippen molar-refractivity contribution in [3.05, 3.63) is 34.6 Å². The number of urea groups is 1. The van der Waals surface area contributed by atoms with Crippen LogP contribution in [0.5, 0.6) is 0 Å². The van der Waals surface area contributed by atoms with Crippen LogP contribution in [0.1, 0.15) is 16.8 Å². The van der Waals surface area contributed by atoms with E-state index in [-0.39, 0.29) is 23.7 Å². The van der Waals surface area contributed by atoms with E-state index in [0.29, 0.717) is 6.42 Å². The van der Waals surface area contributed by atoms with Crippen LogP contribution in [0, 0.1) is 5.82 Å². The number of rotatable bonds is 1. The average molecular weight is 312 g/mol. The van der Waals surface area contributed by atoms with Gasteiger partial charge in [-0.05, 0) is 18.6 Å². The van der Waals surface area contributed by atoms with Gasteiger partial charge in [-0.15, -0.1) is 0 Å². The number of hydrogen-bond donors (Lipinski definition) is 2. The van der Waals surface area contributed by atoms with E-state index in [4.69, 9.17) is 11.6 Å². The first-order valence-corrected chi connectivity index (χ1v) is 6.68. The maximum absolute atomic E-state index is 13.4. The Labute approximate surface area is 124 Å². The summed E-state index contributed by atoms with van der Waals surface area (Å²) in [5.74, 6) is -1.60. The van der Waals surface area contributed by atoms with Crippen molar-refractivity contribution in [1.82, 2.24) is 15.5 Å². The number of halogens is 2. The highest BCUT2D eigenvalue weighted by molar-refractivity contribution is 6.34. The first-order valence-electron chi connectivity index (χ1n) is 6.30. The molecule has 1 spiro atoms. The highest BCUT2D eigenvalue weighted by atomic mass is 35.5. The maximum atomic E-state index is 13.4. The summed E-state index contributed by atoms with van der Waals surface area (Å²) in [4.78, 5) is 36.8. The normalized spacial score (nSPS) is 24.4. The summed E-state index contributed by atoms with van der Waals surface area (Å²) in [5, 5.41) is 4.45. The van der Waals surface area contributed by atoms with E-state index < -0.39 is 29.2 Å². The number of amides is 4. The molecule has 8 heteroatoms. The molecule has 2 N–H and O–H groups in total. The predicted molar refractivity (Wildman–Crippen MR) is 71.3 cm³/mol. The third-order valence-electron chi connectivity index (χ3n) is 3.75. The fourth-order valence-corrected chi connectivity index (χ4v) is 2.84. The first-order chi connectivity index (χ1) is 9.93. The number of nitrogens with one attached hydrogen (secondary N) is 2. The summed E-state index contributed by atoms with van der Waals surface area (Å²) in [6, 6.07) is 3.41. The molecule has 2 aliphatic heterocycles. The molecule has 21 heavy (non-hydrogen) atoms. The summed E-state index contributed by atoms with van der Waals surface area (Å²) in [7, 11) is 0. The molecule has 1 aromatic carbocycles. The van der Waals surface area contributed by atoms with Crippen LogP contribution in [0.25, 0.3) is 0 Å². The lowest BCUT2D eigenvalue weighted by Gasteiger charge is -2.21. The molecule has 1 atom stereocenters. The second-order valence-electron chi connectivity index (χ2n) is 5.07. The molecule has 2 heterocycles. The Hall–Kier alpha value is -2.15. The second kappa shape index (κ2) is 4.70. The van der Waals surface area contributed by atoms with Crippen LogP contribution in [0.2, 0.25) is 5.02 Å². The van der Waals surface area contributed by atoms with Crippen molar-refractivity contribution in [2.45, 2.75) is 12.0 Å². The quantitative estimate of drug-likeness (QED) is 0.757. The third kappa shape index (κ3) is 2.13. The second-order valence-corrected chi connectivity index (χ2v) is 5.45. The van der Waals surface area contributed by atoms with E-state index in [9.17, 15) is 18.8 Å². The summed E-state index contributed by atoms with van der Waals surface area (Å²) < 4.78 is 13.4. The van der Waals surface area contributed by atoms with Crippen molar-refractivity contribution in [2.75, 3.05) is 13.1 Å². The average Bonchev–Trinajstić information content (AvgIpc) is 2.97. The van der Waals surface area contributed by atoms with Crippen molar-refractivity contribution in [3.63, 3.8) is 0 Å². The van der Waals surface area contributed by atoms with Gasteiger partial charge in [0.1, 0.15) is 11.4 Å². The van der Waals surface area contributed by atoms with E-state index in [2.05, 4.69) is 10.6 Å². The molecule has 110 valence electrons. The van der Waals surface area contributed by atoms with Gasteiger partial charge in [0.2, 0.25) is 0 Å². The highest BCUT2D eigenvalue weighted by Crippen LogP contribution is 2.28. The molecule has 3 rings (SSSR count). The molecule has 2 saturated heterocycles. The topological polar surface area (TPSA) is 78.5 Å². The van der Waals surface area contributed by atoms with Gasteiger partial charge in [-0.1, -0.05) is 17.7 Å². The number of carbonyl (C=O) groups excluding carboxylic acids is 3. The van der Waals surface area contributed by atoms with Gasteiger partial charge in [0.05, 0.1) is 17.1 Å². The van der Waals surface area contributed by atoms with E-state index in [1.54, 1.807) is 0 Å². The van der Waals surface area contributed by atoms with E-state index in [1.165, 1.54) is 17.0 Å². The summed E-state index contributed by atoms with van der Waals surface area (Å²) in [6.07, 6.45) is 0.309. The van der Waals surface area contributed by atoms with Gasteiger partial charge < -0.3 is 10.2 Å². The van der Waals surface area contributed by atoms with Crippen molar-refractivity contribution >= 4 is 29.4 Å². The summed E-state index contributed by atoms with van der Waals surface area (Å²) >= 11 is 5.80. The Balaban J connectivity index is 1.83. The molecule has 1 unspecified atom stereocenters. The lowest BCUT2D eigenvalue weighted by atomic mass is 9.99. The summed E-state index contributed by atoms with van der Waals surface area (Å²) in [6.45, 7) is 0.315. The van der Waals surface area contributed by atoms with Crippen LogP contribution in [0.4, 0.5) is 9.18 Å². The molecule has 0 aromatic heterocycles.